The van der Waals surface area contributed by atoms with Crippen molar-refractivity contribution in [2.45, 2.75) is 19.8 Å². The lowest BCUT2D eigenvalue weighted by atomic mass is 9.94. The highest BCUT2D eigenvalue weighted by Crippen LogP contribution is 2.18. The summed E-state index contributed by atoms with van der Waals surface area (Å²) in [5, 5.41) is 13.1. The lowest BCUT2D eigenvalue weighted by Crippen LogP contribution is -2.08. The fourth-order valence-electron chi connectivity index (χ4n) is 2.89. The normalized spacial score (nSPS) is 11.5. The SMILES string of the molecule is Cc1cccc(CCc2ccccc2C(=NO)c2cccnc2)c1. The van der Waals surface area contributed by atoms with Crippen molar-refractivity contribution in [1.82, 2.24) is 4.98 Å². The first kappa shape index (κ1) is 15.9. The first-order chi connectivity index (χ1) is 11.8. The molecule has 0 saturated carbocycles. The largest absolute Gasteiger partial charge is 0.410 e. The zero-order valence-corrected chi connectivity index (χ0v) is 13.7. The van der Waals surface area contributed by atoms with Gasteiger partial charge in [-0.25, -0.2) is 0 Å². The van der Waals surface area contributed by atoms with E-state index in [9.17, 15) is 5.21 Å². The smallest absolute Gasteiger partial charge is 0.118 e. The van der Waals surface area contributed by atoms with E-state index in [4.69, 9.17) is 0 Å². The van der Waals surface area contributed by atoms with Gasteiger partial charge in [0.25, 0.3) is 0 Å². The number of oxime groups is 1. The molecular formula is C21H20N2O. The molecule has 2 aromatic carbocycles. The second kappa shape index (κ2) is 7.55. The van der Waals surface area contributed by atoms with Crippen molar-refractivity contribution in [3.05, 3.63) is 101 Å². The van der Waals surface area contributed by atoms with Gasteiger partial charge in [0, 0.05) is 23.5 Å². The topological polar surface area (TPSA) is 45.5 Å². The highest BCUT2D eigenvalue weighted by molar-refractivity contribution is 6.13. The molecular weight excluding hydrogens is 296 g/mol. The minimum Gasteiger partial charge on any atom is -0.410 e. The Morgan fingerprint density at radius 3 is 2.62 bits per heavy atom. The van der Waals surface area contributed by atoms with Crippen LogP contribution in [0.5, 0.6) is 0 Å². The van der Waals surface area contributed by atoms with E-state index >= 15 is 0 Å². The third-order valence-electron chi connectivity index (χ3n) is 4.07. The summed E-state index contributed by atoms with van der Waals surface area (Å²) in [7, 11) is 0. The van der Waals surface area contributed by atoms with Crippen LogP contribution in [-0.2, 0) is 12.8 Å². The van der Waals surface area contributed by atoms with E-state index in [1.54, 1.807) is 12.4 Å². The van der Waals surface area contributed by atoms with Crippen LogP contribution in [0.2, 0.25) is 0 Å². The number of benzene rings is 2. The Morgan fingerprint density at radius 2 is 1.88 bits per heavy atom. The van der Waals surface area contributed by atoms with Crippen molar-refractivity contribution in [3.63, 3.8) is 0 Å². The van der Waals surface area contributed by atoms with E-state index in [-0.39, 0.29) is 0 Å². The summed E-state index contributed by atoms with van der Waals surface area (Å²) in [6.45, 7) is 2.11. The third kappa shape index (κ3) is 3.69. The molecule has 0 unspecified atom stereocenters. The molecule has 1 heterocycles. The summed E-state index contributed by atoms with van der Waals surface area (Å²) in [6.07, 6.45) is 5.26. The molecule has 0 atom stereocenters. The quantitative estimate of drug-likeness (QED) is 0.431. The Balaban J connectivity index is 1.88. The summed E-state index contributed by atoms with van der Waals surface area (Å²) < 4.78 is 0. The van der Waals surface area contributed by atoms with Crippen molar-refractivity contribution in [3.8, 4) is 0 Å². The van der Waals surface area contributed by atoms with Crippen LogP contribution in [0.3, 0.4) is 0 Å². The lowest BCUT2D eigenvalue weighted by Gasteiger charge is -2.11. The molecule has 3 heteroatoms. The van der Waals surface area contributed by atoms with E-state index in [1.807, 2.05) is 30.3 Å². The maximum atomic E-state index is 9.54. The number of nitrogens with zero attached hydrogens (tertiary/aromatic N) is 2. The molecule has 0 saturated heterocycles. The molecule has 3 rings (SSSR count). The second-order valence-corrected chi connectivity index (χ2v) is 5.84. The van der Waals surface area contributed by atoms with Crippen molar-refractivity contribution >= 4 is 5.71 Å². The van der Waals surface area contributed by atoms with Crippen molar-refractivity contribution in [2.24, 2.45) is 5.16 Å². The molecule has 0 aliphatic heterocycles. The molecule has 3 aromatic rings. The Morgan fingerprint density at radius 1 is 1.00 bits per heavy atom. The standard InChI is InChI=1S/C21H20N2O/c1-16-6-4-7-17(14-16)11-12-18-8-2-3-10-20(18)21(23-24)19-9-5-13-22-15-19/h2-10,13-15,24H,11-12H2,1H3. The third-order valence-corrected chi connectivity index (χ3v) is 4.07. The van der Waals surface area contributed by atoms with Gasteiger partial charge in [0.2, 0.25) is 0 Å². The molecule has 24 heavy (non-hydrogen) atoms. The van der Waals surface area contributed by atoms with E-state index < -0.39 is 0 Å². The van der Waals surface area contributed by atoms with Crippen LogP contribution in [0.1, 0.15) is 27.8 Å². The summed E-state index contributed by atoms with van der Waals surface area (Å²) in [5.41, 5.74) is 6.06. The molecule has 0 radical (unpaired) electrons. The molecule has 0 aliphatic rings. The first-order valence-electron chi connectivity index (χ1n) is 8.04. The predicted molar refractivity (Wildman–Crippen MR) is 96.7 cm³/mol. The molecule has 3 nitrogen and oxygen atoms in total. The number of pyridine rings is 1. The molecule has 0 fully saturated rings. The lowest BCUT2D eigenvalue weighted by molar-refractivity contribution is 0.319. The monoisotopic (exact) mass is 316 g/mol. The van der Waals surface area contributed by atoms with Gasteiger partial charge in [0.1, 0.15) is 5.71 Å². The average Bonchev–Trinajstić information content (AvgIpc) is 2.62. The van der Waals surface area contributed by atoms with Gasteiger partial charge in [-0.05, 0) is 43.0 Å². The Labute approximate surface area is 142 Å². The Kier molecular flexibility index (Phi) is 5.02. The minimum absolute atomic E-state index is 0.558. The van der Waals surface area contributed by atoms with Gasteiger partial charge in [0.05, 0.1) is 0 Å². The molecule has 0 amide bonds. The van der Waals surface area contributed by atoms with Crippen LogP contribution in [0.4, 0.5) is 0 Å². The van der Waals surface area contributed by atoms with E-state index in [0.717, 1.165) is 29.5 Å². The summed E-state index contributed by atoms with van der Waals surface area (Å²) in [6, 6.07) is 20.4. The number of aryl methyl sites for hydroxylation is 3. The van der Waals surface area contributed by atoms with Crippen LogP contribution in [0.15, 0.2) is 78.2 Å². The van der Waals surface area contributed by atoms with Crippen molar-refractivity contribution in [2.75, 3.05) is 0 Å². The van der Waals surface area contributed by atoms with Gasteiger partial charge < -0.3 is 5.21 Å². The van der Waals surface area contributed by atoms with Gasteiger partial charge in [0.15, 0.2) is 0 Å². The van der Waals surface area contributed by atoms with Crippen LogP contribution >= 0.6 is 0 Å². The van der Waals surface area contributed by atoms with Gasteiger partial charge in [-0.2, -0.15) is 0 Å². The van der Waals surface area contributed by atoms with Crippen molar-refractivity contribution < 1.29 is 5.21 Å². The van der Waals surface area contributed by atoms with Crippen LogP contribution in [0, 0.1) is 6.92 Å². The molecule has 0 spiro atoms. The molecule has 0 aliphatic carbocycles. The number of aromatic nitrogens is 1. The van der Waals surface area contributed by atoms with Crippen molar-refractivity contribution in [1.29, 1.82) is 0 Å². The fraction of sp³-hybridized carbons (Fsp3) is 0.143. The zero-order valence-electron chi connectivity index (χ0n) is 13.7. The highest BCUT2D eigenvalue weighted by Gasteiger charge is 2.12. The van der Waals surface area contributed by atoms with Crippen LogP contribution < -0.4 is 0 Å². The molecule has 0 bridgehead atoms. The zero-order chi connectivity index (χ0) is 16.8. The minimum atomic E-state index is 0.558. The Hall–Kier alpha value is -2.94. The highest BCUT2D eigenvalue weighted by atomic mass is 16.4. The van der Waals surface area contributed by atoms with Gasteiger partial charge >= 0.3 is 0 Å². The molecule has 120 valence electrons. The molecule has 1 aromatic heterocycles. The van der Waals surface area contributed by atoms with Crippen LogP contribution in [-0.4, -0.2) is 15.9 Å². The van der Waals surface area contributed by atoms with Crippen LogP contribution in [0.25, 0.3) is 0 Å². The Bertz CT molecular complexity index is 841. The van der Waals surface area contributed by atoms with E-state index in [1.165, 1.54) is 11.1 Å². The number of hydrogen-bond donors (Lipinski definition) is 1. The maximum Gasteiger partial charge on any atom is 0.118 e. The fourth-order valence-corrected chi connectivity index (χ4v) is 2.89. The predicted octanol–water partition coefficient (Wildman–Crippen LogP) is 4.40. The van der Waals surface area contributed by atoms with E-state index in [0.29, 0.717) is 5.71 Å². The molecule has 1 N–H and O–H groups in total. The van der Waals surface area contributed by atoms with E-state index in [2.05, 4.69) is 47.4 Å². The first-order valence-corrected chi connectivity index (χ1v) is 8.04. The number of rotatable bonds is 5. The second-order valence-electron chi connectivity index (χ2n) is 5.84. The van der Waals surface area contributed by atoms with Gasteiger partial charge in [-0.1, -0.05) is 59.3 Å². The summed E-state index contributed by atoms with van der Waals surface area (Å²) in [5.74, 6) is 0. The summed E-state index contributed by atoms with van der Waals surface area (Å²) in [4.78, 5) is 4.12. The number of hydrogen-bond acceptors (Lipinski definition) is 3. The summed E-state index contributed by atoms with van der Waals surface area (Å²) >= 11 is 0. The van der Waals surface area contributed by atoms with Gasteiger partial charge in [-0.15, -0.1) is 0 Å². The maximum absolute atomic E-state index is 9.54. The van der Waals surface area contributed by atoms with Gasteiger partial charge in [-0.3, -0.25) is 4.98 Å². The average molecular weight is 316 g/mol.